The third-order valence-electron chi connectivity index (χ3n) is 0.443. The maximum Gasteiger partial charge on any atom is 0.257 e. The molecule has 0 saturated heterocycles. The van der Waals surface area contributed by atoms with Gasteiger partial charge in [-0.1, -0.05) is 0 Å². The van der Waals surface area contributed by atoms with Crippen LogP contribution in [0, 0.1) is 0 Å². The van der Waals surface area contributed by atoms with Crippen LogP contribution in [0.25, 0.3) is 0 Å². The second kappa shape index (κ2) is 3.82. The van der Waals surface area contributed by atoms with Gasteiger partial charge in [-0.2, -0.15) is 0 Å². The van der Waals surface area contributed by atoms with Crippen molar-refractivity contribution in [2.45, 2.75) is 13.0 Å². The first-order valence-electron chi connectivity index (χ1n) is 2.16. The molecule has 50 valence electrons. The van der Waals surface area contributed by atoms with E-state index in [1.165, 1.54) is 0 Å². The summed E-state index contributed by atoms with van der Waals surface area (Å²) in [5.41, 5.74) is 5.15. The highest BCUT2D eigenvalue weighted by molar-refractivity contribution is 7.67. The zero-order valence-corrected chi connectivity index (χ0v) is 5.43. The third-order valence-corrected chi connectivity index (χ3v) is 0.803. The molecule has 1 atom stereocenters. The molecule has 1 unspecified atom stereocenters. The van der Waals surface area contributed by atoms with Gasteiger partial charge >= 0.3 is 0 Å². The first-order chi connectivity index (χ1) is 3.63. The molecular weight excluding hydrogens is 130 g/mol. The van der Waals surface area contributed by atoms with Gasteiger partial charge in [0.25, 0.3) is 11.0 Å². The maximum atomic E-state index is 9.66. The molecule has 5 heteroatoms. The molecule has 0 rings (SSSR count). The fraction of sp³-hybridized carbons (Fsp3) is 1.00. The Morgan fingerprint density at radius 2 is 2.25 bits per heavy atom. The summed E-state index contributed by atoms with van der Waals surface area (Å²) in [6.45, 7) is 1.73. The Bertz CT molecular complexity index is 112. The van der Waals surface area contributed by atoms with Crippen molar-refractivity contribution in [1.29, 1.82) is 0 Å². The van der Waals surface area contributed by atoms with Crippen molar-refractivity contribution in [3.8, 4) is 0 Å². The molecule has 4 nitrogen and oxygen atoms in total. The standard InChI is InChI=1S/C3H9NO3S/c1-3(4)2-7-8(5)6/h3,8H,2,4H2,1H3. The van der Waals surface area contributed by atoms with E-state index in [4.69, 9.17) is 5.73 Å². The van der Waals surface area contributed by atoms with Gasteiger partial charge in [0.05, 0.1) is 6.61 Å². The molecule has 0 aromatic heterocycles. The summed E-state index contributed by atoms with van der Waals surface area (Å²) in [6.07, 6.45) is 0. The zero-order chi connectivity index (χ0) is 6.57. The molecule has 0 fully saturated rings. The van der Waals surface area contributed by atoms with Crippen molar-refractivity contribution in [3.63, 3.8) is 0 Å². The van der Waals surface area contributed by atoms with Crippen LogP contribution in [0.1, 0.15) is 6.92 Å². The van der Waals surface area contributed by atoms with Crippen LogP contribution < -0.4 is 5.73 Å². The first kappa shape index (κ1) is 7.87. The van der Waals surface area contributed by atoms with Crippen molar-refractivity contribution in [2.75, 3.05) is 6.61 Å². The lowest BCUT2D eigenvalue weighted by molar-refractivity contribution is 0.312. The molecule has 0 saturated carbocycles. The molecule has 0 aromatic carbocycles. The molecule has 0 radical (unpaired) electrons. The van der Waals surface area contributed by atoms with Crippen LogP contribution in [0.3, 0.4) is 0 Å². The van der Waals surface area contributed by atoms with Gasteiger partial charge < -0.3 is 5.73 Å². The minimum atomic E-state index is -2.71. The van der Waals surface area contributed by atoms with Crippen LogP contribution in [0.4, 0.5) is 0 Å². The number of rotatable bonds is 3. The summed E-state index contributed by atoms with van der Waals surface area (Å²) < 4.78 is 23.5. The SMILES string of the molecule is CC(N)CO[SH](=O)=O. The second-order valence-electron chi connectivity index (χ2n) is 1.50. The van der Waals surface area contributed by atoms with E-state index in [-0.39, 0.29) is 12.6 Å². The van der Waals surface area contributed by atoms with Crippen molar-refractivity contribution in [1.82, 2.24) is 0 Å². The van der Waals surface area contributed by atoms with Crippen molar-refractivity contribution in [2.24, 2.45) is 5.73 Å². The fourth-order valence-corrected chi connectivity index (χ4v) is 0.535. The summed E-state index contributed by atoms with van der Waals surface area (Å²) >= 11 is 0. The van der Waals surface area contributed by atoms with Crippen LogP contribution in [0.2, 0.25) is 0 Å². The molecule has 2 N–H and O–H groups in total. The third kappa shape index (κ3) is 5.87. The maximum absolute atomic E-state index is 9.66. The molecule has 0 aromatic rings. The lowest BCUT2D eigenvalue weighted by Gasteiger charge is -1.97. The molecule has 0 bridgehead atoms. The highest BCUT2D eigenvalue weighted by Gasteiger charge is 1.91. The topological polar surface area (TPSA) is 69.4 Å². The van der Waals surface area contributed by atoms with Gasteiger partial charge in [-0.15, -0.1) is 0 Å². The predicted molar refractivity (Wildman–Crippen MR) is 29.9 cm³/mol. The van der Waals surface area contributed by atoms with E-state index < -0.39 is 11.0 Å². The van der Waals surface area contributed by atoms with Crippen molar-refractivity contribution in [3.05, 3.63) is 0 Å². The minimum Gasteiger partial charge on any atom is -0.326 e. The smallest absolute Gasteiger partial charge is 0.257 e. The summed E-state index contributed by atoms with van der Waals surface area (Å²) in [7, 11) is -2.71. The first-order valence-corrected chi connectivity index (χ1v) is 3.25. The van der Waals surface area contributed by atoms with Crippen LogP contribution in [0.15, 0.2) is 0 Å². The molecule has 0 heterocycles. The van der Waals surface area contributed by atoms with Crippen LogP contribution in [0.5, 0.6) is 0 Å². The van der Waals surface area contributed by atoms with Gasteiger partial charge in [-0.3, -0.25) is 4.18 Å². The molecular formula is C3H9NO3S. The normalized spacial score (nSPS) is 14.4. The van der Waals surface area contributed by atoms with Crippen molar-refractivity contribution >= 4 is 11.0 Å². The van der Waals surface area contributed by atoms with Crippen LogP contribution in [-0.2, 0) is 15.2 Å². The summed E-state index contributed by atoms with van der Waals surface area (Å²) in [4.78, 5) is 0. The van der Waals surface area contributed by atoms with Crippen LogP contribution >= 0.6 is 0 Å². The van der Waals surface area contributed by atoms with Gasteiger partial charge in [-0.05, 0) is 6.92 Å². The van der Waals surface area contributed by atoms with E-state index in [1.54, 1.807) is 6.92 Å². The Hall–Kier alpha value is -0.130. The highest BCUT2D eigenvalue weighted by atomic mass is 32.2. The largest absolute Gasteiger partial charge is 0.326 e. The van der Waals surface area contributed by atoms with E-state index in [0.717, 1.165) is 0 Å². The molecule has 0 spiro atoms. The van der Waals surface area contributed by atoms with E-state index in [1.807, 2.05) is 0 Å². The van der Waals surface area contributed by atoms with E-state index >= 15 is 0 Å². The Kier molecular flexibility index (Phi) is 3.76. The molecule has 0 aliphatic heterocycles. The molecule has 8 heavy (non-hydrogen) atoms. The summed E-state index contributed by atoms with van der Waals surface area (Å²) in [5, 5.41) is 0. The van der Waals surface area contributed by atoms with Crippen LogP contribution in [-0.4, -0.2) is 21.1 Å². The average molecular weight is 139 g/mol. The van der Waals surface area contributed by atoms with E-state index in [2.05, 4.69) is 4.18 Å². The van der Waals surface area contributed by atoms with Gasteiger partial charge in [0.2, 0.25) is 0 Å². The molecule has 0 amide bonds. The monoisotopic (exact) mass is 139 g/mol. The summed E-state index contributed by atoms with van der Waals surface area (Å²) in [5.74, 6) is 0. The number of hydrogen-bond donors (Lipinski definition) is 2. The van der Waals surface area contributed by atoms with Gasteiger partial charge in [-0.25, -0.2) is 8.42 Å². The molecule has 0 aliphatic rings. The Morgan fingerprint density at radius 3 is 2.38 bits per heavy atom. The summed E-state index contributed by atoms with van der Waals surface area (Å²) in [6, 6.07) is -0.220. The second-order valence-corrected chi connectivity index (χ2v) is 2.20. The zero-order valence-electron chi connectivity index (χ0n) is 4.53. The van der Waals surface area contributed by atoms with Gasteiger partial charge in [0.1, 0.15) is 0 Å². The highest BCUT2D eigenvalue weighted by Crippen LogP contribution is 1.76. The number of nitrogens with two attached hydrogens (primary N) is 1. The minimum absolute atomic E-state index is 0.0682. The Labute approximate surface area is 49.8 Å². The number of thiol groups is 1. The van der Waals surface area contributed by atoms with Gasteiger partial charge in [0, 0.05) is 6.04 Å². The Balaban J connectivity index is 3.18. The average Bonchev–Trinajstić information content (AvgIpc) is 1.61. The predicted octanol–water partition coefficient (Wildman–Crippen LogP) is -1.12. The lowest BCUT2D eigenvalue weighted by Crippen LogP contribution is -2.21. The van der Waals surface area contributed by atoms with E-state index in [9.17, 15) is 8.42 Å². The van der Waals surface area contributed by atoms with Crippen molar-refractivity contribution < 1.29 is 12.6 Å². The number of hydrogen-bond acceptors (Lipinski definition) is 4. The molecule has 0 aliphatic carbocycles. The van der Waals surface area contributed by atoms with Gasteiger partial charge in [0.15, 0.2) is 0 Å². The quantitative estimate of drug-likeness (QED) is 0.486. The lowest BCUT2D eigenvalue weighted by atomic mass is 10.4. The Morgan fingerprint density at radius 1 is 1.75 bits per heavy atom. The fourth-order valence-electron chi connectivity index (χ4n) is 0.178. The van der Waals surface area contributed by atoms with E-state index in [0.29, 0.717) is 0 Å².